The van der Waals surface area contributed by atoms with E-state index in [4.69, 9.17) is 0 Å². The second kappa shape index (κ2) is 4.83. The van der Waals surface area contributed by atoms with Crippen LogP contribution in [0.5, 0.6) is 0 Å². The Labute approximate surface area is 93.9 Å². The molecule has 0 aromatic rings. The Bertz CT molecular complexity index is 162. The first-order chi connectivity index (χ1) is 6.26. The van der Waals surface area contributed by atoms with Gasteiger partial charge in [-0.2, -0.15) is 0 Å². The first kappa shape index (κ1) is 12.3. The standard InChI is InChI=1S/C13H24.H4Si/c1-11(2)13(9-5-6-10-13)12-7-3-4-8-12;/h11-12H,3-10H2,1-2H3;1H4. The fourth-order valence-electron chi connectivity index (χ4n) is 3.99. The maximum Gasteiger partial charge on any atom is -0.0149 e. The third kappa shape index (κ3) is 1.93. The Morgan fingerprint density at radius 2 is 1.43 bits per heavy atom. The third-order valence-electron chi connectivity index (χ3n) is 4.85. The van der Waals surface area contributed by atoms with E-state index in [1.54, 1.807) is 0 Å². The van der Waals surface area contributed by atoms with E-state index in [9.17, 15) is 0 Å². The highest BCUT2D eigenvalue weighted by molar-refractivity contribution is 5.75. The minimum atomic E-state index is 0. The minimum absolute atomic E-state index is 0. The quantitative estimate of drug-likeness (QED) is 0.618. The van der Waals surface area contributed by atoms with Gasteiger partial charge in [-0.15, -0.1) is 0 Å². The van der Waals surface area contributed by atoms with Gasteiger partial charge in [0.1, 0.15) is 0 Å². The molecule has 84 valence electrons. The molecule has 2 fully saturated rings. The zero-order valence-electron chi connectivity index (χ0n) is 9.31. The van der Waals surface area contributed by atoms with Crippen LogP contribution in [0, 0.1) is 17.3 Å². The molecule has 2 saturated carbocycles. The van der Waals surface area contributed by atoms with E-state index in [1.165, 1.54) is 51.4 Å². The van der Waals surface area contributed by atoms with E-state index < -0.39 is 0 Å². The molecule has 0 nitrogen and oxygen atoms in total. The lowest BCUT2D eigenvalue weighted by Gasteiger charge is -2.39. The summed E-state index contributed by atoms with van der Waals surface area (Å²) in [7, 11) is 0. The van der Waals surface area contributed by atoms with E-state index >= 15 is 0 Å². The van der Waals surface area contributed by atoms with Gasteiger partial charge in [-0.25, -0.2) is 0 Å². The van der Waals surface area contributed by atoms with Crippen molar-refractivity contribution in [1.29, 1.82) is 0 Å². The van der Waals surface area contributed by atoms with Crippen LogP contribution in [0.4, 0.5) is 0 Å². The molecule has 0 radical (unpaired) electrons. The van der Waals surface area contributed by atoms with Gasteiger partial charge < -0.3 is 0 Å². The average Bonchev–Trinajstić information content (AvgIpc) is 2.75. The highest BCUT2D eigenvalue weighted by Crippen LogP contribution is 2.54. The van der Waals surface area contributed by atoms with Gasteiger partial charge >= 0.3 is 0 Å². The predicted molar refractivity (Wildman–Crippen MR) is 69.0 cm³/mol. The van der Waals surface area contributed by atoms with Crippen molar-refractivity contribution in [3.8, 4) is 0 Å². The lowest BCUT2D eigenvalue weighted by atomic mass is 9.66. The molecule has 0 saturated heterocycles. The zero-order chi connectivity index (χ0) is 9.31. The van der Waals surface area contributed by atoms with Gasteiger partial charge in [0, 0.05) is 0 Å². The molecule has 0 bridgehead atoms. The van der Waals surface area contributed by atoms with Gasteiger partial charge in [-0.05, 0) is 53.9 Å². The van der Waals surface area contributed by atoms with Crippen LogP contribution < -0.4 is 0 Å². The SMILES string of the molecule is CC(C)C1(C2CCCC2)CCCC1.[SiH4]. The van der Waals surface area contributed by atoms with E-state index in [-0.39, 0.29) is 11.0 Å². The Hall–Kier alpha value is 0.217. The van der Waals surface area contributed by atoms with Crippen LogP contribution in [0.3, 0.4) is 0 Å². The van der Waals surface area contributed by atoms with Crippen LogP contribution in [0.25, 0.3) is 0 Å². The van der Waals surface area contributed by atoms with Crippen molar-refractivity contribution < 1.29 is 0 Å². The Balaban J connectivity index is 0.000000980. The molecule has 1 heteroatoms. The third-order valence-corrected chi connectivity index (χ3v) is 4.85. The number of hydrogen-bond donors (Lipinski definition) is 0. The molecule has 2 rings (SSSR count). The van der Waals surface area contributed by atoms with Gasteiger partial charge in [-0.3, -0.25) is 0 Å². The van der Waals surface area contributed by atoms with Crippen molar-refractivity contribution in [2.45, 2.75) is 65.2 Å². The molecule has 0 aromatic heterocycles. The summed E-state index contributed by atoms with van der Waals surface area (Å²) in [5, 5.41) is 0. The Morgan fingerprint density at radius 1 is 0.929 bits per heavy atom. The van der Waals surface area contributed by atoms with Crippen LogP contribution in [-0.4, -0.2) is 11.0 Å². The highest BCUT2D eigenvalue weighted by atomic mass is 28.1. The summed E-state index contributed by atoms with van der Waals surface area (Å²) < 4.78 is 0. The highest BCUT2D eigenvalue weighted by Gasteiger charge is 2.43. The van der Waals surface area contributed by atoms with Crippen LogP contribution >= 0.6 is 0 Å². The normalized spacial score (nSPS) is 26.8. The molecule has 0 aliphatic heterocycles. The minimum Gasteiger partial charge on any atom is -0.0622 e. The molecule has 0 atom stereocenters. The zero-order valence-corrected chi connectivity index (χ0v) is 9.31. The largest absolute Gasteiger partial charge is 0.0622 e. The summed E-state index contributed by atoms with van der Waals surface area (Å²) in [6, 6.07) is 0. The van der Waals surface area contributed by atoms with Gasteiger partial charge in [-0.1, -0.05) is 39.5 Å². The lowest BCUT2D eigenvalue weighted by Crippen LogP contribution is -2.31. The lowest BCUT2D eigenvalue weighted by molar-refractivity contribution is 0.100. The molecular formula is C13H28Si. The summed E-state index contributed by atoms with van der Waals surface area (Å²) >= 11 is 0. The van der Waals surface area contributed by atoms with Crippen LogP contribution in [0.2, 0.25) is 0 Å². The smallest absolute Gasteiger partial charge is 0.0149 e. The Morgan fingerprint density at radius 3 is 1.86 bits per heavy atom. The number of hydrogen-bond acceptors (Lipinski definition) is 0. The van der Waals surface area contributed by atoms with Gasteiger partial charge in [0.25, 0.3) is 0 Å². The first-order valence-corrected chi connectivity index (χ1v) is 6.26. The summed E-state index contributed by atoms with van der Waals surface area (Å²) in [6.45, 7) is 4.92. The predicted octanol–water partition coefficient (Wildman–Crippen LogP) is 2.94. The van der Waals surface area contributed by atoms with Crippen molar-refractivity contribution >= 4 is 11.0 Å². The second-order valence-corrected chi connectivity index (χ2v) is 5.58. The van der Waals surface area contributed by atoms with Crippen molar-refractivity contribution in [2.24, 2.45) is 17.3 Å². The Kier molecular flexibility index (Phi) is 4.24. The topological polar surface area (TPSA) is 0 Å². The monoisotopic (exact) mass is 212 g/mol. The van der Waals surface area contributed by atoms with Gasteiger partial charge in [0.2, 0.25) is 0 Å². The van der Waals surface area contributed by atoms with E-state index in [1.807, 2.05) is 0 Å². The molecule has 2 aliphatic rings. The maximum atomic E-state index is 2.46. The molecule has 0 unspecified atom stereocenters. The van der Waals surface area contributed by atoms with Crippen molar-refractivity contribution in [3.63, 3.8) is 0 Å². The second-order valence-electron chi connectivity index (χ2n) is 5.58. The van der Waals surface area contributed by atoms with Crippen LogP contribution in [0.1, 0.15) is 65.2 Å². The van der Waals surface area contributed by atoms with Crippen LogP contribution in [-0.2, 0) is 0 Å². The fraction of sp³-hybridized carbons (Fsp3) is 1.00. The summed E-state index contributed by atoms with van der Waals surface area (Å²) in [5.41, 5.74) is 0.774. The van der Waals surface area contributed by atoms with Crippen molar-refractivity contribution in [2.75, 3.05) is 0 Å². The van der Waals surface area contributed by atoms with E-state index in [2.05, 4.69) is 13.8 Å². The van der Waals surface area contributed by atoms with Crippen molar-refractivity contribution in [3.05, 3.63) is 0 Å². The molecule has 0 amide bonds. The average molecular weight is 212 g/mol. The van der Waals surface area contributed by atoms with E-state index in [0.29, 0.717) is 0 Å². The number of rotatable bonds is 2. The van der Waals surface area contributed by atoms with Gasteiger partial charge in [0.05, 0.1) is 0 Å². The van der Waals surface area contributed by atoms with E-state index in [0.717, 1.165) is 17.3 Å². The molecular weight excluding hydrogens is 184 g/mol. The first-order valence-electron chi connectivity index (χ1n) is 6.26. The summed E-state index contributed by atoms with van der Waals surface area (Å²) in [5.74, 6) is 2.02. The maximum absolute atomic E-state index is 2.46. The molecule has 0 N–H and O–H groups in total. The van der Waals surface area contributed by atoms with Crippen molar-refractivity contribution in [1.82, 2.24) is 0 Å². The summed E-state index contributed by atoms with van der Waals surface area (Å²) in [6.07, 6.45) is 12.2. The molecule has 14 heavy (non-hydrogen) atoms. The molecule has 0 spiro atoms. The summed E-state index contributed by atoms with van der Waals surface area (Å²) in [4.78, 5) is 0. The molecule has 2 aliphatic carbocycles. The fourth-order valence-corrected chi connectivity index (χ4v) is 3.99. The molecule has 0 aromatic carbocycles. The molecule has 0 heterocycles. The van der Waals surface area contributed by atoms with Gasteiger partial charge in [0.15, 0.2) is 0 Å². The van der Waals surface area contributed by atoms with Crippen LogP contribution in [0.15, 0.2) is 0 Å².